The van der Waals surface area contributed by atoms with Crippen molar-refractivity contribution in [2.45, 2.75) is 26.3 Å². The molecule has 2 aromatic rings. The van der Waals surface area contributed by atoms with Gasteiger partial charge in [-0.05, 0) is 50.1 Å². The summed E-state index contributed by atoms with van der Waals surface area (Å²) in [6, 6.07) is 12.3. The number of piperidine rings is 1. The minimum absolute atomic E-state index is 0.00333. The molecule has 1 unspecified atom stereocenters. The first-order valence-corrected chi connectivity index (χ1v) is 8.94. The van der Waals surface area contributed by atoms with Crippen molar-refractivity contribution in [2.75, 3.05) is 18.4 Å². The number of anilines is 1. The first-order valence-electron chi connectivity index (χ1n) is 8.56. The van der Waals surface area contributed by atoms with Gasteiger partial charge in [-0.15, -0.1) is 0 Å². The van der Waals surface area contributed by atoms with Crippen molar-refractivity contribution < 1.29 is 9.18 Å². The van der Waals surface area contributed by atoms with Gasteiger partial charge in [-0.1, -0.05) is 35.9 Å². The molecule has 2 aromatic carbocycles. The van der Waals surface area contributed by atoms with Gasteiger partial charge in [-0.3, -0.25) is 9.69 Å². The van der Waals surface area contributed by atoms with E-state index >= 15 is 0 Å². The SMILES string of the molecule is Cc1c(Cl)cccc1NC(=O)C1CCCN(Cc2ccccc2F)C1. The first-order chi connectivity index (χ1) is 12.0. The summed E-state index contributed by atoms with van der Waals surface area (Å²) in [5.74, 6) is -0.286. The van der Waals surface area contributed by atoms with Gasteiger partial charge in [0.2, 0.25) is 5.91 Å². The highest BCUT2D eigenvalue weighted by Gasteiger charge is 2.26. The Labute approximate surface area is 152 Å². The van der Waals surface area contributed by atoms with Crippen molar-refractivity contribution in [2.24, 2.45) is 5.92 Å². The summed E-state index contributed by atoms with van der Waals surface area (Å²) in [5, 5.41) is 3.63. The molecule has 25 heavy (non-hydrogen) atoms. The van der Waals surface area contributed by atoms with Gasteiger partial charge >= 0.3 is 0 Å². The molecule has 1 amide bonds. The zero-order chi connectivity index (χ0) is 17.8. The molecular formula is C20H22ClFN2O. The molecule has 0 radical (unpaired) electrons. The number of rotatable bonds is 4. The fourth-order valence-electron chi connectivity index (χ4n) is 3.26. The van der Waals surface area contributed by atoms with Gasteiger partial charge in [0.1, 0.15) is 5.82 Å². The molecule has 1 N–H and O–H groups in total. The van der Waals surface area contributed by atoms with E-state index in [1.165, 1.54) is 6.07 Å². The third-order valence-electron chi connectivity index (χ3n) is 4.75. The number of hydrogen-bond acceptors (Lipinski definition) is 2. The summed E-state index contributed by atoms with van der Waals surface area (Å²) in [4.78, 5) is 14.8. The van der Waals surface area contributed by atoms with Crippen molar-refractivity contribution in [1.29, 1.82) is 0 Å². The largest absolute Gasteiger partial charge is 0.326 e. The number of nitrogens with zero attached hydrogens (tertiary/aromatic N) is 1. The van der Waals surface area contributed by atoms with Gasteiger partial charge in [-0.2, -0.15) is 0 Å². The van der Waals surface area contributed by atoms with Crippen LogP contribution in [0, 0.1) is 18.7 Å². The van der Waals surface area contributed by atoms with E-state index in [1.807, 2.05) is 31.2 Å². The molecule has 0 spiro atoms. The molecule has 3 nitrogen and oxygen atoms in total. The van der Waals surface area contributed by atoms with E-state index in [-0.39, 0.29) is 17.6 Å². The molecule has 132 valence electrons. The van der Waals surface area contributed by atoms with E-state index in [0.717, 1.165) is 30.6 Å². The number of amides is 1. The number of carbonyl (C=O) groups is 1. The lowest BCUT2D eigenvalue weighted by Crippen LogP contribution is -2.40. The fraction of sp³-hybridized carbons (Fsp3) is 0.350. The number of nitrogens with one attached hydrogen (secondary N) is 1. The Kier molecular flexibility index (Phi) is 5.71. The highest BCUT2D eigenvalue weighted by Crippen LogP contribution is 2.25. The molecule has 0 aromatic heterocycles. The Morgan fingerprint density at radius 2 is 2.08 bits per heavy atom. The molecule has 3 rings (SSSR count). The molecule has 1 fully saturated rings. The lowest BCUT2D eigenvalue weighted by molar-refractivity contribution is -0.121. The average molecular weight is 361 g/mol. The smallest absolute Gasteiger partial charge is 0.228 e. The van der Waals surface area contributed by atoms with E-state index < -0.39 is 0 Å². The second kappa shape index (κ2) is 7.98. The minimum Gasteiger partial charge on any atom is -0.326 e. The third kappa shape index (κ3) is 4.39. The van der Waals surface area contributed by atoms with Crippen molar-refractivity contribution in [3.63, 3.8) is 0 Å². The van der Waals surface area contributed by atoms with Crippen LogP contribution in [0.3, 0.4) is 0 Å². The summed E-state index contributed by atoms with van der Waals surface area (Å²) in [6.07, 6.45) is 1.78. The normalized spacial score (nSPS) is 18.1. The summed E-state index contributed by atoms with van der Waals surface area (Å²) >= 11 is 6.12. The van der Waals surface area contributed by atoms with Crippen LogP contribution in [0.4, 0.5) is 10.1 Å². The van der Waals surface area contributed by atoms with E-state index in [4.69, 9.17) is 11.6 Å². The summed E-state index contributed by atoms with van der Waals surface area (Å²) in [6.45, 7) is 3.95. The van der Waals surface area contributed by atoms with Crippen molar-refractivity contribution in [3.05, 3.63) is 64.4 Å². The number of benzene rings is 2. The molecule has 1 aliphatic rings. The van der Waals surface area contributed by atoms with Crippen molar-refractivity contribution in [1.82, 2.24) is 4.90 Å². The minimum atomic E-state index is -0.191. The number of likely N-dealkylation sites (tertiary alicyclic amines) is 1. The Bertz CT molecular complexity index is 765. The molecule has 0 aliphatic carbocycles. The Morgan fingerprint density at radius 3 is 2.88 bits per heavy atom. The Balaban J connectivity index is 1.63. The van der Waals surface area contributed by atoms with Gasteiger partial charge < -0.3 is 5.32 Å². The van der Waals surface area contributed by atoms with Crippen LogP contribution >= 0.6 is 11.6 Å². The summed E-state index contributed by atoms with van der Waals surface area (Å²) in [7, 11) is 0. The number of hydrogen-bond donors (Lipinski definition) is 1. The maximum Gasteiger partial charge on any atom is 0.228 e. The predicted octanol–water partition coefficient (Wildman–Crippen LogP) is 4.64. The highest BCUT2D eigenvalue weighted by molar-refractivity contribution is 6.31. The third-order valence-corrected chi connectivity index (χ3v) is 5.16. The van der Waals surface area contributed by atoms with Crippen LogP contribution in [-0.4, -0.2) is 23.9 Å². The van der Waals surface area contributed by atoms with Gasteiger partial charge in [0.15, 0.2) is 0 Å². The van der Waals surface area contributed by atoms with E-state index in [0.29, 0.717) is 23.7 Å². The molecule has 1 heterocycles. The van der Waals surface area contributed by atoms with Gasteiger partial charge in [0.25, 0.3) is 0 Å². The van der Waals surface area contributed by atoms with Crippen molar-refractivity contribution in [3.8, 4) is 0 Å². The monoisotopic (exact) mass is 360 g/mol. The quantitative estimate of drug-likeness (QED) is 0.861. The van der Waals surface area contributed by atoms with E-state index in [2.05, 4.69) is 10.2 Å². The van der Waals surface area contributed by atoms with Crippen LogP contribution in [0.1, 0.15) is 24.0 Å². The van der Waals surface area contributed by atoms with E-state index in [1.54, 1.807) is 12.1 Å². The molecule has 1 atom stereocenters. The van der Waals surface area contributed by atoms with Gasteiger partial charge in [-0.25, -0.2) is 4.39 Å². The zero-order valence-corrected chi connectivity index (χ0v) is 15.0. The molecular weight excluding hydrogens is 339 g/mol. The summed E-state index contributed by atoms with van der Waals surface area (Å²) in [5.41, 5.74) is 2.30. The Morgan fingerprint density at radius 1 is 1.28 bits per heavy atom. The van der Waals surface area contributed by atoms with Crippen LogP contribution in [0.25, 0.3) is 0 Å². The molecule has 1 aliphatic heterocycles. The van der Waals surface area contributed by atoms with Crippen LogP contribution in [0.15, 0.2) is 42.5 Å². The molecule has 1 saturated heterocycles. The second-order valence-electron chi connectivity index (χ2n) is 6.57. The second-order valence-corrected chi connectivity index (χ2v) is 6.97. The topological polar surface area (TPSA) is 32.3 Å². The number of halogens is 2. The summed E-state index contributed by atoms with van der Waals surface area (Å²) < 4.78 is 13.9. The lowest BCUT2D eigenvalue weighted by atomic mass is 9.96. The lowest BCUT2D eigenvalue weighted by Gasteiger charge is -2.32. The fourth-order valence-corrected chi connectivity index (χ4v) is 3.43. The molecule has 5 heteroatoms. The van der Waals surface area contributed by atoms with Crippen LogP contribution in [0.5, 0.6) is 0 Å². The molecule has 0 saturated carbocycles. The maximum absolute atomic E-state index is 13.9. The van der Waals surface area contributed by atoms with Crippen LogP contribution < -0.4 is 5.32 Å². The standard InChI is InChI=1S/C20H22ClFN2O/c1-14-17(21)8-4-10-19(14)23-20(25)16-7-5-11-24(13-16)12-15-6-2-3-9-18(15)22/h2-4,6,8-10,16H,5,7,11-13H2,1H3,(H,23,25). The van der Waals surface area contributed by atoms with E-state index in [9.17, 15) is 9.18 Å². The number of carbonyl (C=O) groups excluding carboxylic acids is 1. The zero-order valence-electron chi connectivity index (χ0n) is 14.3. The van der Waals surface area contributed by atoms with Gasteiger partial charge in [0.05, 0.1) is 5.92 Å². The van der Waals surface area contributed by atoms with Crippen molar-refractivity contribution >= 4 is 23.2 Å². The molecule has 0 bridgehead atoms. The van der Waals surface area contributed by atoms with Gasteiger partial charge in [0, 0.05) is 29.4 Å². The van der Waals surface area contributed by atoms with Crippen LogP contribution in [-0.2, 0) is 11.3 Å². The highest BCUT2D eigenvalue weighted by atomic mass is 35.5. The Hall–Kier alpha value is -1.91. The average Bonchev–Trinajstić information content (AvgIpc) is 2.61. The maximum atomic E-state index is 13.9. The van der Waals surface area contributed by atoms with Crippen LogP contribution in [0.2, 0.25) is 5.02 Å². The predicted molar refractivity (Wildman–Crippen MR) is 99.2 cm³/mol. The first kappa shape index (κ1) is 17.9.